The highest BCUT2D eigenvalue weighted by Crippen LogP contribution is 2.02. The van der Waals surface area contributed by atoms with E-state index >= 15 is 0 Å². The second-order valence-corrected chi connectivity index (χ2v) is 4.11. The van der Waals surface area contributed by atoms with Crippen LogP contribution in [0.15, 0.2) is 5.16 Å². The van der Waals surface area contributed by atoms with Crippen LogP contribution in [0.5, 0.6) is 0 Å². The molecule has 0 N–H and O–H groups in total. The molecule has 0 rings (SSSR count). The van der Waals surface area contributed by atoms with Crippen LogP contribution in [0.4, 0.5) is 0 Å². The molecule has 4 heteroatoms. The molecule has 1 amide bonds. The number of nitrogens with zero attached hydrogens (tertiary/aromatic N) is 2. The third-order valence-electron chi connectivity index (χ3n) is 2.36. The molecule has 0 radical (unpaired) electrons. The molecule has 0 atom stereocenters. The summed E-state index contributed by atoms with van der Waals surface area (Å²) in [6, 6.07) is 0. The van der Waals surface area contributed by atoms with Crippen molar-refractivity contribution in [2.45, 2.75) is 46.0 Å². The second kappa shape index (κ2) is 9.19. The number of rotatable bonds is 8. The minimum atomic E-state index is 0.195. The molecule has 0 heterocycles. The summed E-state index contributed by atoms with van der Waals surface area (Å²) >= 11 is 0. The first kappa shape index (κ1) is 14.9. The number of hydrogen-bond donors (Lipinski definition) is 0. The van der Waals surface area contributed by atoms with Crippen molar-refractivity contribution in [1.29, 1.82) is 0 Å². The van der Waals surface area contributed by atoms with Gasteiger partial charge in [0.1, 0.15) is 6.61 Å². The number of hydrogen-bond acceptors (Lipinski definition) is 3. The van der Waals surface area contributed by atoms with E-state index in [1.165, 1.54) is 0 Å². The van der Waals surface area contributed by atoms with Crippen molar-refractivity contribution in [2.24, 2.45) is 5.16 Å². The van der Waals surface area contributed by atoms with E-state index in [1.807, 2.05) is 6.92 Å². The van der Waals surface area contributed by atoms with Gasteiger partial charge in [-0.2, -0.15) is 0 Å². The summed E-state index contributed by atoms with van der Waals surface area (Å²) in [4.78, 5) is 18.0. The van der Waals surface area contributed by atoms with E-state index in [0.717, 1.165) is 31.4 Å². The third-order valence-corrected chi connectivity index (χ3v) is 2.36. The van der Waals surface area contributed by atoms with Gasteiger partial charge in [-0.3, -0.25) is 4.79 Å². The van der Waals surface area contributed by atoms with Crippen molar-refractivity contribution in [2.75, 3.05) is 20.7 Å². The minimum Gasteiger partial charge on any atom is -0.396 e. The van der Waals surface area contributed by atoms with Gasteiger partial charge in [-0.25, -0.2) is 0 Å². The van der Waals surface area contributed by atoms with Crippen LogP contribution in [-0.4, -0.2) is 37.2 Å². The van der Waals surface area contributed by atoms with Crippen LogP contribution in [0.2, 0.25) is 0 Å². The SMILES string of the molecule is CC/C(C)=N/OCCCCCC(=O)N(C)C. The fourth-order valence-corrected chi connectivity index (χ4v) is 1.06. The molecule has 0 unspecified atom stereocenters. The largest absolute Gasteiger partial charge is 0.396 e. The Kier molecular flexibility index (Phi) is 8.58. The molecule has 16 heavy (non-hydrogen) atoms. The molecule has 0 spiro atoms. The third kappa shape index (κ3) is 8.26. The number of unbranched alkanes of at least 4 members (excludes halogenated alkanes) is 2. The van der Waals surface area contributed by atoms with Crippen LogP contribution in [0.25, 0.3) is 0 Å². The maximum Gasteiger partial charge on any atom is 0.222 e. The quantitative estimate of drug-likeness (QED) is 0.364. The van der Waals surface area contributed by atoms with Gasteiger partial charge in [0.15, 0.2) is 0 Å². The van der Waals surface area contributed by atoms with E-state index in [2.05, 4.69) is 12.1 Å². The zero-order valence-electron chi connectivity index (χ0n) is 11.0. The fraction of sp³-hybridized carbons (Fsp3) is 0.833. The van der Waals surface area contributed by atoms with Crippen LogP contribution in [0.1, 0.15) is 46.0 Å². The van der Waals surface area contributed by atoms with E-state index in [-0.39, 0.29) is 5.91 Å². The van der Waals surface area contributed by atoms with E-state index in [9.17, 15) is 4.79 Å². The lowest BCUT2D eigenvalue weighted by Crippen LogP contribution is -2.21. The molecule has 0 saturated carbocycles. The maximum absolute atomic E-state index is 11.2. The summed E-state index contributed by atoms with van der Waals surface area (Å²) in [6.07, 6.45) is 4.46. The molecule has 0 aromatic carbocycles. The molecule has 0 aromatic rings. The van der Waals surface area contributed by atoms with Gasteiger partial charge in [0, 0.05) is 20.5 Å². The average Bonchev–Trinajstić information content (AvgIpc) is 2.26. The Bertz CT molecular complexity index is 225. The van der Waals surface area contributed by atoms with Gasteiger partial charge in [-0.15, -0.1) is 0 Å². The highest BCUT2D eigenvalue weighted by molar-refractivity contribution is 5.80. The molecule has 0 saturated heterocycles. The Balaban J connectivity index is 3.31. The molecule has 0 aliphatic heterocycles. The Hall–Kier alpha value is -1.06. The molecule has 94 valence electrons. The summed E-state index contributed by atoms with van der Waals surface area (Å²) in [7, 11) is 3.57. The topological polar surface area (TPSA) is 41.9 Å². The Labute approximate surface area is 98.6 Å². The molecule has 0 aliphatic carbocycles. The Morgan fingerprint density at radius 3 is 2.50 bits per heavy atom. The second-order valence-electron chi connectivity index (χ2n) is 4.11. The lowest BCUT2D eigenvalue weighted by molar-refractivity contribution is -0.128. The van der Waals surface area contributed by atoms with Gasteiger partial charge in [0.2, 0.25) is 5.91 Å². The Morgan fingerprint density at radius 1 is 1.25 bits per heavy atom. The highest BCUT2D eigenvalue weighted by atomic mass is 16.6. The van der Waals surface area contributed by atoms with Gasteiger partial charge in [-0.05, 0) is 32.6 Å². The van der Waals surface area contributed by atoms with Gasteiger partial charge in [0.05, 0.1) is 5.71 Å². The fourth-order valence-electron chi connectivity index (χ4n) is 1.06. The summed E-state index contributed by atoms with van der Waals surface area (Å²) in [6.45, 7) is 4.65. The first-order valence-corrected chi connectivity index (χ1v) is 5.93. The standard InChI is InChI=1S/C12H24N2O2/c1-5-11(2)13-16-10-8-6-7-9-12(15)14(3)4/h5-10H2,1-4H3/b13-11+. The molecular weight excluding hydrogens is 204 g/mol. The van der Waals surface area contributed by atoms with Crippen LogP contribution in [0.3, 0.4) is 0 Å². The summed E-state index contributed by atoms with van der Waals surface area (Å²) in [5.41, 5.74) is 1.02. The molecule has 0 bridgehead atoms. The number of oxime groups is 1. The van der Waals surface area contributed by atoms with E-state index < -0.39 is 0 Å². The first-order chi connectivity index (χ1) is 7.57. The molecule has 4 nitrogen and oxygen atoms in total. The lowest BCUT2D eigenvalue weighted by Gasteiger charge is -2.09. The van der Waals surface area contributed by atoms with Crippen molar-refractivity contribution in [1.82, 2.24) is 4.90 Å². The van der Waals surface area contributed by atoms with E-state index in [4.69, 9.17) is 4.84 Å². The van der Waals surface area contributed by atoms with Crippen molar-refractivity contribution >= 4 is 11.6 Å². The van der Waals surface area contributed by atoms with Crippen molar-refractivity contribution in [3.63, 3.8) is 0 Å². The van der Waals surface area contributed by atoms with Crippen molar-refractivity contribution < 1.29 is 9.63 Å². The van der Waals surface area contributed by atoms with Crippen LogP contribution < -0.4 is 0 Å². The average molecular weight is 228 g/mol. The lowest BCUT2D eigenvalue weighted by atomic mass is 10.2. The van der Waals surface area contributed by atoms with Crippen molar-refractivity contribution in [3.05, 3.63) is 0 Å². The number of carbonyl (C=O) groups excluding carboxylic acids is 1. The molecular formula is C12H24N2O2. The van der Waals surface area contributed by atoms with E-state index in [1.54, 1.807) is 19.0 Å². The zero-order valence-corrected chi connectivity index (χ0v) is 11.0. The maximum atomic E-state index is 11.2. The number of carbonyl (C=O) groups is 1. The first-order valence-electron chi connectivity index (χ1n) is 5.93. The molecule has 0 aromatic heterocycles. The predicted octanol–water partition coefficient (Wildman–Crippen LogP) is 2.44. The number of amides is 1. The van der Waals surface area contributed by atoms with Crippen LogP contribution in [0, 0.1) is 0 Å². The summed E-state index contributed by atoms with van der Waals surface area (Å²) < 4.78 is 0. The van der Waals surface area contributed by atoms with Gasteiger partial charge >= 0.3 is 0 Å². The molecule has 0 aliphatic rings. The Morgan fingerprint density at radius 2 is 1.94 bits per heavy atom. The molecule has 0 fully saturated rings. The smallest absolute Gasteiger partial charge is 0.222 e. The normalized spacial score (nSPS) is 11.4. The predicted molar refractivity (Wildman–Crippen MR) is 66.5 cm³/mol. The van der Waals surface area contributed by atoms with Gasteiger partial charge in [-0.1, -0.05) is 12.1 Å². The summed E-state index contributed by atoms with van der Waals surface area (Å²) in [5, 5.41) is 3.95. The van der Waals surface area contributed by atoms with Crippen molar-refractivity contribution in [3.8, 4) is 0 Å². The minimum absolute atomic E-state index is 0.195. The van der Waals surface area contributed by atoms with Gasteiger partial charge in [0.25, 0.3) is 0 Å². The van der Waals surface area contributed by atoms with Crippen LogP contribution in [-0.2, 0) is 9.63 Å². The van der Waals surface area contributed by atoms with Gasteiger partial charge < -0.3 is 9.74 Å². The van der Waals surface area contributed by atoms with E-state index in [0.29, 0.717) is 13.0 Å². The zero-order chi connectivity index (χ0) is 12.4. The monoisotopic (exact) mass is 228 g/mol. The highest BCUT2D eigenvalue weighted by Gasteiger charge is 2.02. The summed E-state index contributed by atoms with van der Waals surface area (Å²) in [5.74, 6) is 0.195. The van der Waals surface area contributed by atoms with Crippen LogP contribution >= 0.6 is 0 Å².